The fourth-order valence-electron chi connectivity index (χ4n) is 3.29. The molecular formula is C25H25F3N2O4S. The van der Waals surface area contributed by atoms with Gasteiger partial charge in [0, 0.05) is 0 Å². The normalized spacial score (nSPS) is 11.7. The lowest BCUT2D eigenvalue weighted by molar-refractivity contribution is -0.137. The predicted octanol–water partition coefficient (Wildman–Crippen LogP) is 4.71. The third-order valence-electron chi connectivity index (χ3n) is 5.32. The van der Waals surface area contributed by atoms with E-state index in [0.29, 0.717) is 16.1 Å². The maximum Gasteiger partial charge on any atom is 0.416 e. The minimum Gasteiger partial charge on any atom is -0.491 e. The highest BCUT2D eigenvalue weighted by atomic mass is 32.2. The second-order valence-electron chi connectivity index (χ2n) is 7.77. The Balaban J connectivity index is 1.77. The molecule has 0 unspecified atom stereocenters. The van der Waals surface area contributed by atoms with Crippen LogP contribution >= 0.6 is 0 Å². The highest BCUT2D eigenvalue weighted by Crippen LogP contribution is 2.33. The first kappa shape index (κ1) is 26.1. The van der Waals surface area contributed by atoms with Crippen LogP contribution in [0.5, 0.6) is 5.75 Å². The Kier molecular flexibility index (Phi) is 8.06. The fourth-order valence-corrected chi connectivity index (χ4v) is 4.72. The van der Waals surface area contributed by atoms with Crippen LogP contribution in [0.3, 0.4) is 0 Å². The minimum atomic E-state index is -4.67. The van der Waals surface area contributed by atoms with E-state index in [4.69, 9.17) is 4.74 Å². The maximum absolute atomic E-state index is 13.3. The molecule has 35 heavy (non-hydrogen) atoms. The number of benzene rings is 3. The van der Waals surface area contributed by atoms with E-state index in [-0.39, 0.29) is 23.7 Å². The molecule has 0 saturated carbocycles. The summed E-state index contributed by atoms with van der Waals surface area (Å²) in [4.78, 5) is 12.5. The molecule has 0 aromatic heterocycles. The van der Waals surface area contributed by atoms with Crippen molar-refractivity contribution in [3.05, 3.63) is 89.5 Å². The Hall–Kier alpha value is -3.53. The molecule has 0 saturated heterocycles. The monoisotopic (exact) mass is 506 g/mol. The average Bonchev–Trinajstić information content (AvgIpc) is 2.83. The molecule has 0 fully saturated rings. The summed E-state index contributed by atoms with van der Waals surface area (Å²) in [7, 11) is -4.32. The third kappa shape index (κ3) is 6.54. The van der Waals surface area contributed by atoms with Crippen molar-refractivity contribution < 1.29 is 31.1 Å². The number of amides is 1. The average molecular weight is 507 g/mol. The fraction of sp³-hybridized carbons (Fsp3) is 0.240. The Labute approximate surface area is 202 Å². The number of hydrogen-bond acceptors (Lipinski definition) is 4. The summed E-state index contributed by atoms with van der Waals surface area (Å²) in [5, 5.41) is 2.56. The standard InChI is InChI=1S/C25H25F3N2O4S/c1-18-8-6-13-23(19(18)2)34-15-14-29-24(31)17-30(35(32,33)22-11-4-3-5-12-22)21-10-7-9-20(16-21)25(26,27)28/h3-13,16H,14-15,17H2,1-2H3,(H,29,31). The first-order valence-electron chi connectivity index (χ1n) is 10.7. The van der Waals surface area contributed by atoms with E-state index in [9.17, 15) is 26.4 Å². The molecule has 0 aliphatic heterocycles. The largest absolute Gasteiger partial charge is 0.491 e. The van der Waals surface area contributed by atoms with E-state index in [0.717, 1.165) is 23.3 Å². The third-order valence-corrected chi connectivity index (χ3v) is 7.10. The van der Waals surface area contributed by atoms with Gasteiger partial charge in [0.2, 0.25) is 5.91 Å². The van der Waals surface area contributed by atoms with Crippen molar-refractivity contribution in [1.29, 1.82) is 0 Å². The van der Waals surface area contributed by atoms with E-state index in [2.05, 4.69) is 5.32 Å². The SMILES string of the molecule is Cc1cccc(OCCNC(=O)CN(c2cccc(C(F)(F)F)c2)S(=O)(=O)c2ccccc2)c1C. The van der Waals surface area contributed by atoms with Gasteiger partial charge in [-0.1, -0.05) is 36.4 Å². The molecule has 1 N–H and O–H groups in total. The number of carbonyl (C=O) groups excluding carboxylic acids is 1. The van der Waals surface area contributed by atoms with Crippen LogP contribution in [0, 0.1) is 13.8 Å². The van der Waals surface area contributed by atoms with Crippen LogP contribution in [0.1, 0.15) is 16.7 Å². The summed E-state index contributed by atoms with van der Waals surface area (Å²) in [5.74, 6) is -0.0250. The van der Waals surface area contributed by atoms with Gasteiger partial charge in [0.25, 0.3) is 10.0 Å². The predicted molar refractivity (Wildman–Crippen MR) is 127 cm³/mol. The summed E-state index contributed by atoms with van der Waals surface area (Å²) < 4.78 is 72.6. The van der Waals surface area contributed by atoms with Gasteiger partial charge in [-0.2, -0.15) is 13.2 Å². The number of sulfonamides is 1. The van der Waals surface area contributed by atoms with E-state index in [1.807, 2.05) is 26.0 Å². The summed E-state index contributed by atoms with van der Waals surface area (Å²) in [6.45, 7) is 3.35. The van der Waals surface area contributed by atoms with Gasteiger partial charge in [0.15, 0.2) is 0 Å². The van der Waals surface area contributed by atoms with Gasteiger partial charge in [-0.3, -0.25) is 9.10 Å². The van der Waals surface area contributed by atoms with Gasteiger partial charge in [0.1, 0.15) is 18.9 Å². The number of nitrogens with zero attached hydrogens (tertiary/aromatic N) is 1. The second kappa shape index (κ2) is 10.8. The molecule has 10 heteroatoms. The van der Waals surface area contributed by atoms with Crippen molar-refractivity contribution >= 4 is 21.6 Å². The number of nitrogens with one attached hydrogen (secondary N) is 1. The highest BCUT2D eigenvalue weighted by molar-refractivity contribution is 7.92. The van der Waals surface area contributed by atoms with Crippen molar-refractivity contribution in [2.75, 3.05) is 24.0 Å². The molecule has 0 atom stereocenters. The van der Waals surface area contributed by atoms with Gasteiger partial charge in [-0.05, 0) is 61.4 Å². The molecule has 0 aliphatic carbocycles. The number of carbonyl (C=O) groups is 1. The van der Waals surface area contributed by atoms with Crippen molar-refractivity contribution in [1.82, 2.24) is 5.32 Å². The van der Waals surface area contributed by atoms with Crippen molar-refractivity contribution in [2.45, 2.75) is 24.9 Å². The zero-order chi connectivity index (χ0) is 25.6. The zero-order valence-corrected chi connectivity index (χ0v) is 20.0. The lowest BCUT2D eigenvalue weighted by Gasteiger charge is -2.25. The van der Waals surface area contributed by atoms with Crippen LogP contribution in [0.4, 0.5) is 18.9 Å². The zero-order valence-electron chi connectivity index (χ0n) is 19.2. The number of alkyl halides is 3. The van der Waals surface area contributed by atoms with Crippen LogP contribution in [-0.2, 0) is 21.0 Å². The molecule has 0 aliphatic rings. The molecule has 6 nitrogen and oxygen atoms in total. The number of anilines is 1. The second-order valence-corrected chi connectivity index (χ2v) is 9.63. The topological polar surface area (TPSA) is 75.7 Å². The Morgan fingerprint density at radius 1 is 0.971 bits per heavy atom. The number of halogens is 3. The molecular weight excluding hydrogens is 481 g/mol. The van der Waals surface area contributed by atoms with Crippen LogP contribution < -0.4 is 14.4 Å². The minimum absolute atomic E-state index is 0.0774. The van der Waals surface area contributed by atoms with Gasteiger partial charge < -0.3 is 10.1 Å². The number of hydrogen-bond donors (Lipinski definition) is 1. The lowest BCUT2D eigenvalue weighted by Crippen LogP contribution is -2.42. The summed E-state index contributed by atoms with van der Waals surface area (Å²) in [5.41, 5.74) is 0.717. The molecule has 186 valence electrons. The van der Waals surface area contributed by atoms with Crippen LogP contribution in [-0.4, -0.2) is 34.0 Å². The van der Waals surface area contributed by atoms with Crippen molar-refractivity contribution in [2.24, 2.45) is 0 Å². The summed E-state index contributed by atoms with van der Waals surface area (Å²) >= 11 is 0. The van der Waals surface area contributed by atoms with Crippen LogP contribution in [0.2, 0.25) is 0 Å². The molecule has 0 spiro atoms. The smallest absolute Gasteiger partial charge is 0.416 e. The number of ether oxygens (including phenoxy) is 1. The lowest BCUT2D eigenvalue weighted by atomic mass is 10.1. The molecule has 1 amide bonds. The Morgan fingerprint density at radius 2 is 1.66 bits per heavy atom. The van der Waals surface area contributed by atoms with Gasteiger partial charge >= 0.3 is 6.18 Å². The van der Waals surface area contributed by atoms with Crippen molar-refractivity contribution in [3.8, 4) is 5.75 Å². The van der Waals surface area contributed by atoms with Gasteiger partial charge in [-0.25, -0.2) is 8.42 Å². The van der Waals surface area contributed by atoms with E-state index >= 15 is 0 Å². The van der Waals surface area contributed by atoms with E-state index in [1.165, 1.54) is 30.3 Å². The molecule has 3 aromatic rings. The van der Waals surface area contributed by atoms with E-state index < -0.39 is 34.2 Å². The first-order valence-corrected chi connectivity index (χ1v) is 12.1. The van der Waals surface area contributed by atoms with Crippen LogP contribution in [0.15, 0.2) is 77.7 Å². The quantitative estimate of drug-likeness (QED) is 0.427. The summed E-state index contributed by atoms with van der Waals surface area (Å²) in [6, 6.07) is 16.6. The van der Waals surface area contributed by atoms with Gasteiger partial charge in [0.05, 0.1) is 22.7 Å². The van der Waals surface area contributed by atoms with Crippen LogP contribution in [0.25, 0.3) is 0 Å². The first-order chi connectivity index (χ1) is 16.5. The van der Waals surface area contributed by atoms with Crippen molar-refractivity contribution in [3.63, 3.8) is 0 Å². The molecule has 0 heterocycles. The molecule has 3 aromatic carbocycles. The number of aryl methyl sites for hydroxylation is 1. The maximum atomic E-state index is 13.3. The summed E-state index contributed by atoms with van der Waals surface area (Å²) in [6.07, 6.45) is -4.67. The number of rotatable bonds is 9. The van der Waals surface area contributed by atoms with Gasteiger partial charge in [-0.15, -0.1) is 0 Å². The molecule has 3 rings (SSSR count). The molecule has 0 radical (unpaired) electrons. The Morgan fingerprint density at radius 3 is 2.34 bits per heavy atom. The highest BCUT2D eigenvalue weighted by Gasteiger charge is 2.33. The Bertz CT molecular complexity index is 1280. The van der Waals surface area contributed by atoms with E-state index in [1.54, 1.807) is 12.1 Å². The molecule has 0 bridgehead atoms.